The predicted octanol–water partition coefficient (Wildman–Crippen LogP) is 3.81. The molecule has 0 spiro atoms. The van der Waals surface area contributed by atoms with Gasteiger partial charge in [-0.15, -0.1) is 0 Å². The molecule has 2 aromatic heterocycles. The summed E-state index contributed by atoms with van der Waals surface area (Å²) in [6.07, 6.45) is 5.54. The molecule has 7 heteroatoms. The van der Waals surface area contributed by atoms with Crippen LogP contribution in [0.2, 0.25) is 0 Å². The Hall–Kier alpha value is -2.67. The van der Waals surface area contributed by atoms with Gasteiger partial charge in [-0.1, -0.05) is 31.1 Å². The van der Waals surface area contributed by atoms with E-state index in [9.17, 15) is 4.79 Å². The number of carbonyl (C=O) groups excluding carboxylic acids is 1. The zero-order valence-electron chi connectivity index (χ0n) is 18.8. The average Bonchev–Trinajstić information content (AvgIpc) is 3.38. The zero-order valence-corrected chi connectivity index (χ0v) is 18.8. The van der Waals surface area contributed by atoms with Gasteiger partial charge in [0.1, 0.15) is 0 Å². The number of hydrogen-bond donors (Lipinski definition) is 1. The van der Waals surface area contributed by atoms with Gasteiger partial charge in [-0.2, -0.15) is 4.98 Å². The third-order valence-electron chi connectivity index (χ3n) is 6.07. The van der Waals surface area contributed by atoms with Gasteiger partial charge in [-0.3, -0.25) is 9.69 Å². The summed E-state index contributed by atoms with van der Waals surface area (Å²) >= 11 is 0. The number of nitrogens with zero attached hydrogens (tertiary/aromatic N) is 4. The number of carbonyl (C=O) groups is 1. The van der Waals surface area contributed by atoms with Crippen molar-refractivity contribution in [3.63, 3.8) is 0 Å². The highest BCUT2D eigenvalue weighted by Crippen LogP contribution is 2.23. The van der Waals surface area contributed by atoms with Gasteiger partial charge < -0.3 is 14.4 Å². The Labute approximate surface area is 183 Å². The van der Waals surface area contributed by atoms with Gasteiger partial charge in [0.25, 0.3) is 0 Å². The number of aromatic amines is 1. The first-order valence-electron chi connectivity index (χ1n) is 11.4. The summed E-state index contributed by atoms with van der Waals surface area (Å²) in [5.41, 5.74) is 2.51. The van der Waals surface area contributed by atoms with Crippen LogP contribution < -0.4 is 0 Å². The van der Waals surface area contributed by atoms with Crippen LogP contribution in [0.15, 0.2) is 35.0 Å². The molecule has 0 saturated carbocycles. The van der Waals surface area contributed by atoms with Crippen LogP contribution in [-0.4, -0.2) is 56.5 Å². The van der Waals surface area contributed by atoms with Crippen molar-refractivity contribution < 1.29 is 9.32 Å². The van der Waals surface area contributed by atoms with Crippen LogP contribution in [0.3, 0.4) is 0 Å². The number of H-pyrrole nitrogens is 1. The molecule has 1 amide bonds. The fraction of sp³-hybridized carbons (Fsp3) is 0.542. The highest BCUT2D eigenvalue weighted by Gasteiger charge is 2.27. The van der Waals surface area contributed by atoms with Crippen molar-refractivity contribution >= 4 is 16.8 Å². The van der Waals surface area contributed by atoms with Crippen molar-refractivity contribution in [1.29, 1.82) is 0 Å². The number of nitrogens with one attached hydrogen (secondary N) is 1. The van der Waals surface area contributed by atoms with Crippen LogP contribution in [0, 0.1) is 5.92 Å². The number of piperidine rings is 1. The third kappa shape index (κ3) is 5.34. The first-order valence-corrected chi connectivity index (χ1v) is 11.4. The summed E-state index contributed by atoms with van der Waals surface area (Å²) in [6, 6.07) is 8.79. The molecule has 1 N–H and O–H groups in total. The molecule has 1 atom stereocenters. The number of fused-ring (bicyclic) bond motifs is 1. The summed E-state index contributed by atoms with van der Waals surface area (Å²) in [6.45, 7) is 9.42. The van der Waals surface area contributed by atoms with Crippen LogP contribution >= 0.6 is 0 Å². The topological polar surface area (TPSA) is 78.3 Å². The monoisotopic (exact) mass is 423 g/mol. The van der Waals surface area contributed by atoms with E-state index < -0.39 is 0 Å². The van der Waals surface area contributed by atoms with Gasteiger partial charge in [0.15, 0.2) is 5.82 Å². The molecule has 7 nitrogen and oxygen atoms in total. The first kappa shape index (κ1) is 21.6. The largest absolute Gasteiger partial charge is 0.361 e. The van der Waals surface area contributed by atoms with E-state index in [0.29, 0.717) is 30.6 Å². The standard InChI is InChI=1S/C24H33N5O2/c1-17(2)14-24-26-23(27-31-24)10-13-29(18(3)30)20-7-5-12-28(16-20)15-19-6-4-8-22-21(19)9-11-25-22/h4,6,8-9,11,17,20,25H,5,7,10,12-16H2,1-3H3. The molecule has 166 valence electrons. The lowest BCUT2D eigenvalue weighted by Gasteiger charge is -2.39. The molecule has 1 unspecified atom stereocenters. The summed E-state index contributed by atoms with van der Waals surface area (Å²) < 4.78 is 5.35. The molecule has 0 radical (unpaired) electrons. The summed E-state index contributed by atoms with van der Waals surface area (Å²) in [5.74, 6) is 1.97. The molecular formula is C24H33N5O2. The second kappa shape index (κ2) is 9.64. The van der Waals surface area contributed by atoms with E-state index in [1.807, 2.05) is 11.1 Å². The molecule has 31 heavy (non-hydrogen) atoms. The smallest absolute Gasteiger partial charge is 0.226 e. The quantitative estimate of drug-likeness (QED) is 0.596. The SMILES string of the molecule is CC(=O)N(CCc1noc(CC(C)C)n1)C1CCCN(Cc2cccc3[nH]ccc23)C1. The number of aromatic nitrogens is 3. The Morgan fingerprint density at radius 3 is 3.03 bits per heavy atom. The Kier molecular flexibility index (Phi) is 6.70. The first-order chi connectivity index (χ1) is 15.0. The van der Waals surface area contributed by atoms with Crippen LogP contribution in [0.4, 0.5) is 0 Å². The Balaban J connectivity index is 1.38. The molecular weight excluding hydrogens is 390 g/mol. The average molecular weight is 424 g/mol. The molecule has 1 aromatic carbocycles. The summed E-state index contributed by atoms with van der Waals surface area (Å²) in [7, 11) is 0. The van der Waals surface area contributed by atoms with Gasteiger partial charge in [-0.05, 0) is 43.0 Å². The maximum atomic E-state index is 12.5. The zero-order chi connectivity index (χ0) is 21.8. The number of benzene rings is 1. The molecule has 1 fully saturated rings. The van der Waals surface area contributed by atoms with Crippen molar-refractivity contribution in [2.24, 2.45) is 5.92 Å². The van der Waals surface area contributed by atoms with Crippen molar-refractivity contribution in [2.75, 3.05) is 19.6 Å². The molecule has 3 aromatic rings. The molecule has 3 heterocycles. The Bertz CT molecular complexity index is 1010. The molecule has 1 aliphatic heterocycles. The Morgan fingerprint density at radius 1 is 1.35 bits per heavy atom. The Morgan fingerprint density at radius 2 is 2.23 bits per heavy atom. The predicted molar refractivity (Wildman–Crippen MR) is 121 cm³/mol. The van der Waals surface area contributed by atoms with Crippen molar-refractivity contribution in [3.8, 4) is 0 Å². The van der Waals surface area contributed by atoms with E-state index in [1.165, 1.54) is 16.5 Å². The van der Waals surface area contributed by atoms with E-state index >= 15 is 0 Å². The minimum absolute atomic E-state index is 0.116. The van der Waals surface area contributed by atoms with Crippen LogP contribution in [-0.2, 0) is 24.2 Å². The van der Waals surface area contributed by atoms with Crippen LogP contribution in [0.1, 0.15) is 50.9 Å². The van der Waals surface area contributed by atoms with Gasteiger partial charge in [0, 0.05) is 62.5 Å². The number of hydrogen-bond acceptors (Lipinski definition) is 5. The van der Waals surface area contributed by atoms with Crippen LogP contribution in [0.25, 0.3) is 10.9 Å². The summed E-state index contributed by atoms with van der Waals surface area (Å²) in [4.78, 5) is 24.7. The molecule has 0 aliphatic carbocycles. The summed E-state index contributed by atoms with van der Waals surface area (Å²) in [5, 5.41) is 5.38. The lowest BCUT2D eigenvalue weighted by atomic mass is 10.0. The molecule has 1 saturated heterocycles. The van der Waals surface area contributed by atoms with E-state index in [1.54, 1.807) is 6.92 Å². The normalized spacial score (nSPS) is 17.5. The second-order valence-corrected chi connectivity index (χ2v) is 9.05. The van der Waals surface area contributed by atoms with Gasteiger partial charge >= 0.3 is 0 Å². The van der Waals surface area contributed by atoms with E-state index in [2.05, 4.69) is 58.1 Å². The van der Waals surface area contributed by atoms with Gasteiger partial charge in [0.2, 0.25) is 11.8 Å². The second-order valence-electron chi connectivity index (χ2n) is 9.05. The minimum Gasteiger partial charge on any atom is -0.361 e. The fourth-order valence-electron chi connectivity index (χ4n) is 4.60. The van der Waals surface area contributed by atoms with E-state index in [0.717, 1.165) is 38.9 Å². The maximum absolute atomic E-state index is 12.5. The van der Waals surface area contributed by atoms with Crippen molar-refractivity contribution in [1.82, 2.24) is 24.9 Å². The highest BCUT2D eigenvalue weighted by molar-refractivity contribution is 5.82. The van der Waals surface area contributed by atoms with Gasteiger partial charge in [0.05, 0.1) is 0 Å². The van der Waals surface area contributed by atoms with Gasteiger partial charge in [-0.25, -0.2) is 0 Å². The lowest BCUT2D eigenvalue weighted by molar-refractivity contribution is -0.132. The number of amides is 1. The maximum Gasteiger partial charge on any atom is 0.226 e. The highest BCUT2D eigenvalue weighted by atomic mass is 16.5. The lowest BCUT2D eigenvalue weighted by Crippen LogP contribution is -2.50. The minimum atomic E-state index is 0.116. The van der Waals surface area contributed by atoms with Crippen molar-refractivity contribution in [2.45, 2.75) is 59.0 Å². The molecule has 4 rings (SSSR count). The number of rotatable bonds is 8. The number of likely N-dealkylation sites (tertiary alicyclic amines) is 1. The van der Waals surface area contributed by atoms with Crippen molar-refractivity contribution in [3.05, 3.63) is 47.7 Å². The van der Waals surface area contributed by atoms with Crippen LogP contribution in [0.5, 0.6) is 0 Å². The molecule has 1 aliphatic rings. The molecule has 0 bridgehead atoms. The third-order valence-corrected chi connectivity index (χ3v) is 6.07. The van der Waals surface area contributed by atoms with E-state index in [4.69, 9.17) is 4.52 Å². The van der Waals surface area contributed by atoms with E-state index in [-0.39, 0.29) is 11.9 Å². The fourth-order valence-corrected chi connectivity index (χ4v) is 4.60.